The molecule has 0 amide bonds. The smallest absolute Gasteiger partial charge is 0.164 e. The summed E-state index contributed by atoms with van der Waals surface area (Å²) in [5.74, 6) is 1.85. The highest BCUT2D eigenvalue weighted by atomic mass is 16.3. The van der Waals surface area contributed by atoms with Crippen LogP contribution in [0.25, 0.3) is 150 Å². The zero-order valence-electron chi connectivity index (χ0n) is 40.4. The highest BCUT2D eigenvalue weighted by Gasteiger charge is 2.21. The van der Waals surface area contributed by atoms with Gasteiger partial charge < -0.3 is 13.4 Å². The van der Waals surface area contributed by atoms with Crippen LogP contribution in [0.4, 0.5) is 0 Å². The van der Waals surface area contributed by atoms with E-state index in [1.54, 1.807) is 0 Å². The number of benzene rings is 11. The lowest BCUT2D eigenvalue weighted by Gasteiger charge is -2.14. The molecule has 0 bridgehead atoms. The third-order valence-corrected chi connectivity index (χ3v) is 14.7. The lowest BCUT2D eigenvalue weighted by molar-refractivity contribution is 0.666. The Balaban J connectivity index is 0.852. The maximum atomic E-state index is 6.87. The van der Waals surface area contributed by atoms with E-state index in [9.17, 15) is 0 Å². The second-order valence-electron chi connectivity index (χ2n) is 19.1. The number of fused-ring (bicyclic) bond motifs is 9. The summed E-state index contributed by atoms with van der Waals surface area (Å²) in [6, 6.07) is 89.4. The Hall–Kier alpha value is -10.2. The maximum Gasteiger partial charge on any atom is 0.164 e. The van der Waals surface area contributed by atoms with Crippen LogP contribution in [0, 0.1) is 0 Å². The second-order valence-corrected chi connectivity index (χ2v) is 19.1. The molecule has 11 aromatic carbocycles. The zero-order valence-corrected chi connectivity index (χ0v) is 40.4. The van der Waals surface area contributed by atoms with E-state index in [2.05, 4.69) is 187 Å². The van der Waals surface area contributed by atoms with Crippen molar-refractivity contribution in [1.29, 1.82) is 0 Å². The summed E-state index contributed by atoms with van der Waals surface area (Å²) in [7, 11) is 0. The average molecular weight is 959 g/mol. The summed E-state index contributed by atoms with van der Waals surface area (Å²) in [6.45, 7) is 0. The first-order valence-electron chi connectivity index (χ1n) is 25.2. The molecule has 0 fully saturated rings. The summed E-state index contributed by atoms with van der Waals surface area (Å²) in [5.41, 5.74) is 18.2. The highest BCUT2D eigenvalue weighted by Crippen LogP contribution is 2.44. The van der Waals surface area contributed by atoms with Gasteiger partial charge in [0, 0.05) is 49.0 Å². The zero-order chi connectivity index (χ0) is 49.4. The second kappa shape index (κ2) is 17.3. The van der Waals surface area contributed by atoms with Gasteiger partial charge in [0.25, 0.3) is 0 Å². The Kier molecular flexibility index (Phi) is 9.78. The van der Waals surface area contributed by atoms with Crippen molar-refractivity contribution >= 4 is 65.7 Å². The summed E-state index contributed by atoms with van der Waals surface area (Å²) < 4.78 is 15.8. The predicted molar refractivity (Wildman–Crippen MR) is 307 cm³/mol. The van der Waals surface area contributed by atoms with Crippen LogP contribution < -0.4 is 0 Å². The van der Waals surface area contributed by atoms with Gasteiger partial charge in [-0.05, 0) is 111 Å². The van der Waals surface area contributed by atoms with Gasteiger partial charge in [-0.3, -0.25) is 0 Å². The largest absolute Gasteiger partial charge is 0.456 e. The molecule has 0 spiro atoms. The van der Waals surface area contributed by atoms with Gasteiger partial charge in [-0.2, -0.15) is 0 Å². The van der Waals surface area contributed by atoms with Crippen molar-refractivity contribution in [1.82, 2.24) is 19.5 Å². The van der Waals surface area contributed by atoms with Crippen LogP contribution in [0.1, 0.15) is 0 Å². The molecular formula is C69H42N4O2. The minimum Gasteiger partial charge on any atom is -0.456 e. The molecule has 6 nitrogen and oxygen atoms in total. The average Bonchev–Trinajstić information content (AvgIpc) is 4.17. The number of rotatable bonds is 8. The van der Waals surface area contributed by atoms with Crippen LogP contribution in [0.15, 0.2) is 264 Å². The molecule has 4 heterocycles. The summed E-state index contributed by atoms with van der Waals surface area (Å²) in [4.78, 5) is 15.1. The van der Waals surface area contributed by atoms with Gasteiger partial charge >= 0.3 is 0 Å². The van der Waals surface area contributed by atoms with Crippen LogP contribution >= 0.6 is 0 Å². The van der Waals surface area contributed by atoms with E-state index >= 15 is 0 Å². The fraction of sp³-hybridized carbons (Fsp3) is 0. The van der Waals surface area contributed by atoms with E-state index in [0.29, 0.717) is 17.5 Å². The fourth-order valence-electron chi connectivity index (χ4n) is 11.1. The molecule has 0 saturated heterocycles. The SMILES string of the molecule is c1ccc(-c2ccc3c(c2)c2ccccc2n3-c2cccc3c2oc2ccc(-c4cccc(-c5cc6oc7ccccc7c6cc5-c5cccc(-c6nc(-c7ccccc7)nc(-c7ccccc7)n6)c5)c4)cc23)cc1. The quantitative estimate of drug-likeness (QED) is 0.152. The molecule has 4 aromatic heterocycles. The Morgan fingerprint density at radius 2 is 0.733 bits per heavy atom. The minimum atomic E-state index is 0.602. The van der Waals surface area contributed by atoms with Crippen molar-refractivity contribution in [3.05, 3.63) is 255 Å². The van der Waals surface area contributed by atoms with Gasteiger partial charge in [0.15, 0.2) is 23.1 Å². The standard InChI is InChI=1S/C69H42N4O2/c1-4-17-43(18-5-1)47-33-35-61-57(39-47)52-27-10-12-30-60(52)73(61)62-31-16-29-54-58-40-48(34-36-64(58)75-66(54)62)46-23-14-24-49(37-46)56-42-65-59(53-28-11-13-32-63(53)74-65)41-55(56)50-25-15-26-51(38-50)69-71-67(44-19-6-2-7-20-44)70-68(72-69)45-21-8-3-9-22-45/h1-42H. The first-order chi connectivity index (χ1) is 37.1. The van der Waals surface area contributed by atoms with Gasteiger partial charge in [0.2, 0.25) is 0 Å². The Morgan fingerprint density at radius 3 is 1.48 bits per heavy atom. The van der Waals surface area contributed by atoms with Crippen LogP contribution in [-0.4, -0.2) is 19.5 Å². The topological polar surface area (TPSA) is 69.9 Å². The third-order valence-electron chi connectivity index (χ3n) is 14.7. The Bertz CT molecular complexity index is 4650. The van der Waals surface area contributed by atoms with Crippen molar-refractivity contribution in [3.8, 4) is 84.4 Å². The van der Waals surface area contributed by atoms with E-state index in [0.717, 1.165) is 111 Å². The normalized spacial score (nSPS) is 11.7. The van der Waals surface area contributed by atoms with Crippen molar-refractivity contribution in [2.45, 2.75) is 0 Å². The molecule has 0 saturated carbocycles. The lowest BCUT2D eigenvalue weighted by atomic mass is 9.90. The van der Waals surface area contributed by atoms with Crippen molar-refractivity contribution in [2.24, 2.45) is 0 Å². The van der Waals surface area contributed by atoms with Gasteiger partial charge in [-0.15, -0.1) is 0 Å². The first-order valence-corrected chi connectivity index (χ1v) is 25.2. The molecule has 0 aliphatic carbocycles. The molecular weight excluding hydrogens is 917 g/mol. The summed E-state index contributed by atoms with van der Waals surface area (Å²) in [5, 5.41) is 6.66. The Labute approximate surface area is 431 Å². The Morgan fingerprint density at radius 1 is 0.253 bits per heavy atom. The minimum absolute atomic E-state index is 0.602. The van der Waals surface area contributed by atoms with E-state index in [4.69, 9.17) is 23.8 Å². The molecule has 0 aliphatic heterocycles. The predicted octanol–water partition coefficient (Wildman–Crippen LogP) is 18.4. The molecule has 0 atom stereocenters. The molecule has 15 rings (SSSR count). The van der Waals surface area contributed by atoms with Crippen LogP contribution in [0.3, 0.4) is 0 Å². The number of hydrogen-bond acceptors (Lipinski definition) is 5. The van der Waals surface area contributed by atoms with Gasteiger partial charge in [-0.25, -0.2) is 15.0 Å². The highest BCUT2D eigenvalue weighted by molar-refractivity contribution is 6.14. The summed E-state index contributed by atoms with van der Waals surface area (Å²) in [6.07, 6.45) is 0. The van der Waals surface area contributed by atoms with Crippen molar-refractivity contribution < 1.29 is 8.83 Å². The number of para-hydroxylation sites is 3. The molecule has 350 valence electrons. The first kappa shape index (κ1) is 42.5. The van der Waals surface area contributed by atoms with Gasteiger partial charge in [0.1, 0.15) is 16.7 Å². The van der Waals surface area contributed by atoms with E-state index in [1.165, 1.54) is 21.9 Å². The number of furan rings is 2. The van der Waals surface area contributed by atoms with Gasteiger partial charge in [0.05, 0.1) is 16.7 Å². The van der Waals surface area contributed by atoms with Crippen molar-refractivity contribution in [3.63, 3.8) is 0 Å². The molecule has 6 heteroatoms. The molecule has 0 unspecified atom stereocenters. The van der Waals surface area contributed by atoms with E-state index < -0.39 is 0 Å². The molecule has 15 aromatic rings. The lowest BCUT2D eigenvalue weighted by Crippen LogP contribution is -2.00. The maximum absolute atomic E-state index is 6.87. The van der Waals surface area contributed by atoms with Crippen LogP contribution in [0.2, 0.25) is 0 Å². The number of hydrogen-bond donors (Lipinski definition) is 0. The monoisotopic (exact) mass is 958 g/mol. The molecule has 0 aliphatic rings. The van der Waals surface area contributed by atoms with Crippen molar-refractivity contribution in [2.75, 3.05) is 0 Å². The summed E-state index contributed by atoms with van der Waals surface area (Å²) >= 11 is 0. The molecule has 75 heavy (non-hydrogen) atoms. The van der Waals surface area contributed by atoms with Crippen LogP contribution in [-0.2, 0) is 0 Å². The molecule has 0 radical (unpaired) electrons. The number of nitrogens with zero attached hydrogens (tertiary/aromatic N) is 4. The van der Waals surface area contributed by atoms with Gasteiger partial charge in [-0.1, -0.05) is 188 Å². The van der Waals surface area contributed by atoms with Crippen LogP contribution in [0.5, 0.6) is 0 Å². The fourth-order valence-corrected chi connectivity index (χ4v) is 11.1. The third kappa shape index (κ3) is 7.22. The molecule has 0 N–H and O–H groups in total. The van der Waals surface area contributed by atoms with E-state index in [1.807, 2.05) is 72.8 Å². The number of aromatic nitrogens is 4. The van der Waals surface area contributed by atoms with E-state index in [-0.39, 0.29) is 0 Å².